The summed E-state index contributed by atoms with van der Waals surface area (Å²) >= 11 is 0. The van der Waals surface area contributed by atoms with E-state index >= 15 is 0 Å². The summed E-state index contributed by atoms with van der Waals surface area (Å²) in [6.45, 7) is 9.40. The van der Waals surface area contributed by atoms with Gasteiger partial charge in [-0.15, -0.1) is 0 Å². The summed E-state index contributed by atoms with van der Waals surface area (Å²) < 4.78 is 16.7. The van der Waals surface area contributed by atoms with E-state index < -0.39 is 5.60 Å². The minimum atomic E-state index is -0.485. The van der Waals surface area contributed by atoms with E-state index in [0.717, 1.165) is 24.2 Å². The first kappa shape index (κ1) is 18.3. The van der Waals surface area contributed by atoms with Crippen molar-refractivity contribution in [3.05, 3.63) is 34.9 Å². The number of morpholine rings is 1. The van der Waals surface area contributed by atoms with E-state index in [2.05, 4.69) is 4.90 Å². The smallest absolute Gasteiger partial charge is 0.410 e. The number of ether oxygens (including phenoxy) is 3. The Hall–Kier alpha value is -2.12. The van der Waals surface area contributed by atoms with E-state index in [1.807, 2.05) is 39.0 Å². The minimum absolute atomic E-state index is 0.0321. The van der Waals surface area contributed by atoms with Crippen molar-refractivity contribution in [1.29, 1.82) is 0 Å². The Morgan fingerprint density at radius 3 is 2.81 bits per heavy atom. The Morgan fingerprint density at radius 2 is 2.04 bits per heavy atom. The maximum atomic E-state index is 12.3. The molecule has 7 nitrogen and oxygen atoms in total. The van der Waals surface area contributed by atoms with Crippen LogP contribution in [0.4, 0.5) is 4.79 Å². The highest BCUT2D eigenvalue weighted by Gasteiger charge is 2.37. The van der Waals surface area contributed by atoms with Gasteiger partial charge in [-0.05, 0) is 38.5 Å². The van der Waals surface area contributed by atoms with E-state index in [1.165, 1.54) is 0 Å². The van der Waals surface area contributed by atoms with Crippen LogP contribution in [0.25, 0.3) is 0 Å². The standard InChI is InChI=1S/C20H26N2O5/c1-20(2,3)27-19(24)22-7-6-21-10-17(25-12-15(21)9-22)13-4-5-16-14(8-13)11-26-18(16)23/h4-5,8,15,17H,6-7,9-12H2,1-3H3/t15-,17?/m0/s1. The van der Waals surface area contributed by atoms with Crippen LogP contribution in [-0.4, -0.2) is 66.3 Å². The van der Waals surface area contributed by atoms with Gasteiger partial charge in [-0.25, -0.2) is 9.59 Å². The molecular weight excluding hydrogens is 348 g/mol. The van der Waals surface area contributed by atoms with Gasteiger partial charge < -0.3 is 19.1 Å². The van der Waals surface area contributed by atoms with Crippen molar-refractivity contribution in [3.8, 4) is 0 Å². The topological polar surface area (TPSA) is 68.3 Å². The van der Waals surface area contributed by atoms with Crippen LogP contribution < -0.4 is 0 Å². The first-order valence-corrected chi connectivity index (χ1v) is 9.44. The van der Waals surface area contributed by atoms with Crippen LogP contribution in [0.3, 0.4) is 0 Å². The lowest BCUT2D eigenvalue weighted by Crippen LogP contribution is -2.60. The summed E-state index contributed by atoms with van der Waals surface area (Å²) in [6, 6.07) is 5.98. The average molecular weight is 374 g/mol. The SMILES string of the molecule is CC(C)(C)OC(=O)N1CCN2CC(c3ccc4c(c3)COC4=O)OC[C@@H]2C1. The Labute approximate surface area is 159 Å². The number of hydrogen-bond donors (Lipinski definition) is 0. The van der Waals surface area contributed by atoms with Crippen molar-refractivity contribution in [2.75, 3.05) is 32.8 Å². The summed E-state index contributed by atoms with van der Waals surface area (Å²) in [5.41, 5.74) is 2.16. The maximum absolute atomic E-state index is 12.3. The Morgan fingerprint density at radius 1 is 1.22 bits per heavy atom. The summed E-state index contributed by atoms with van der Waals surface area (Å²) in [4.78, 5) is 28.1. The number of cyclic esters (lactones) is 1. The lowest BCUT2D eigenvalue weighted by atomic mass is 10.00. The molecule has 0 aliphatic carbocycles. The molecule has 2 saturated heterocycles. The number of rotatable bonds is 1. The number of fused-ring (bicyclic) bond motifs is 2. The van der Waals surface area contributed by atoms with Gasteiger partial charge in [-0.3, -0.25) is 4.90 Å². The monoisotopic (exact) mass is 374 g/mol. The van der Waals surface area contributed by atoms with Crippen LogP contribution in [0, 0.1) is 0 Å². The van der Waals surface area contributed by atoms with Crippen LogP contribution in [-0.2, 0) is 20.8 Å². The van der Waals surface area contributed by atoms with Gasteiger partial charge in [0.2, 0.25) is 0 Å². The fourth-order valence-electron chi connectivity index (χ4n) is 3.83. The molecule has 1 aromatic rings. The molecule has 0 N–H and O–H groups in total. The molecule has 1 amide bonds. The first-order valence-electron chi connectivity index (χ1n) is 9.44. The molecule has 3 aliphatic rings. The van der Waals surface area contributed by atoms with Crippen molar-refractivity contribution in [2.45, 2.75) is 45.1 Å². The number of amides is 1. The molecule has 3 aliphatic heterocycles. The zero-order valence-electron chi connectivity index (χ0n) is 16.1. The lowest BCUT2D eigenvalue weighted by Gasteiger charge is -2.46. The molecule has 3 heterocycles. The van der Waals surface area contributed by atoms with Gasteiger partial charge in [0.15, 0.2) is 0 Å². The number of carbonyl (C=O) groups is 2. The molecule has 0 aromatic heterocycles. The zero-order chi connectivity index (χ0) is 19.2. The van der Waals surface area contributed by atoms with Crippen molar-refractivity contribution >= 4 is 12.1 Å². The quantitative estimate of drug-likeness (QED) is 0.703. The van der Waals surface area contributed by atoms with E-state index in [9.17, 15) is 9.59 Å². The summed E-state index contributed by atoms with van der Waals surface area (Å²) in [7, 11) is 0. The van der Waals surface area contributed by atoms with Crippen molar-refractivity contribution in [3.63, 3.8) is 0 Å². The van der Waals surface area contributed by atoms with Gasteiger partial charge >= 0.3 is 12.1 Å². The van der Waals surface area contributed by atoms with Gasteiger partial charge in [0.25, 0.3) is 0 Å². The molecule has 1 aromatic carbocycles. The molecule has 146 valence electrons. The van der Waals surface area contributed by atoms with Crippen LogP contribution in [0.2, 0.25) is 0 Å². The molecule has 0 bridgehead atoms. The third-order valence-electron chi connectivity index (χ3n) is 5.23. The highest BCUT2D eigenvalue weighted by molar-refractivity contribution is 5.93. The van der Waals surface area contributed by atoms with E-state index in [-0.39, 0.29) is 24.2 Å². The van der Waals surface area contributed by atoms with Crippen molar-refractivity contribution < 1.29 is 23.8 Å². The molecule has 0 saturated carbocycles. The van der Waals surface area contributed by atoms with E-state index in [0.29, 0.717) is 31.9 Å². The number of benzene rings is 1. The molecule has 4 rings (SSSR count). The predicted octanol–water partition coefficient (Wildman–Crippen LogP) is 2.35. The predicted molar refractivity (Wildman–Crippen MR) is 97.4 cm³/mol. The Kier molecular flexibility index (Phi) is 4.60. The normalized spacial score (nSPS) is 25.6. The zero-order valence-corrected chi connectivity index (χ0v) is 16.1. The largest absolute Gasteiger partial charge is 0.457 e. The van der Waals surface area contributed by atoms with E-state index in [1.54, 1.807) is 4.90 Å². The van der Waals surface area contributed by atoms with Crippen LogP contribution >= 0.6 is 0 Å². The second-order valence-corrected chi connectivity index (χ2v) is 8.39. The van der Waals surface area contributed by atoms with Crippen molar-refractivity contribution in [2.24, 2.45) is 0 Å². The molecular formula is C20H26N2O5. The fourth-order valence-corrected chi connectivity index (χ4v) is 3.83. The van der Waals surface area contributed by atoms with Gasteiger partial charge in [-0.1, -0.05) is 6.07 Å². The minimum Gasteiger partial charge on any atom is -0.457 e. The average Bonchev–Trinajstić information content (AvgIpc) is 3.00. The van der Waals surface area contributed by atoms with Crippen LogP contribution in [0.1, 0.15) is 48.4 Å². The number of carbonyl (C=O) groups excluding carboxylic acids is 2. The van der Waals surface area contributed by atoms with Gasteiger partial charge in [0, 0.05) is 31.7 Å². The fraction of sp³-hybridized carbons (Fsp3) is 0.600. The Bertz CT molecular complexity index is 757. The number of esters is 1. The summed E-state index contributed by atoms with van der Waals surface area (Å²) in [6.07, 6.45) is -0.289. The highest BCUT2D eigenvalue weighted by Crippen LogP contribution is 2.30. The third kappa shape index (κ3) is 3.80. The van der Waals surface area contributed by atoms with Crippen LogP contribution in [0.15, 0.2) is 18.2 Å². The van der Waals surface area contributed by atoms with Gasteiger partial charge in [-0.2, -0.15) is 0 Å². The second kappa shape index (κ2) is 6.80. The lowest BCUT2D eigenvalue weighted by molar-refractivity contribution is -0.0906. The van der Waals surface area contributed by atoms with Crippen molar-refractivity contribution in [1.82, 2.24) is 9.80 Å². The molecule has 27 heavy (non-hydrogen) atoms. The summed E-state index contributed by atoms with van der Waals surface area (Å²) in [5.74, 6) is -0.251. The number of hydrogen-bond acceptors (Lipinski definition) is 6. The van der Waals surface area contributed by atoms with Gasteiger partial charge in [0.05, 0.1) is 24.3 Å². The number of piperazine rings is 1. The molecule has 7 heteroatoms. The third-order valence-corrected chi connectivity index (χ3v) is 5.23. The molecule has 0 spiro atoms. The van der Waals surface area contributed by atoms with Crippen LogP contribution in [0.5, 0.6) is 0 Å². The number of nitrogens with zero attached hydrogens (tertiary/aromatic N) is 2. The molecule has 2 atom stereocenters. The molecule has 1 unspecified atom stereocenters. The summed E-state index contributed by atoms with van der Waals surface area (Å²) in [5, 5.41) is 0. The van der Waals surface area contributed by atoms with Gasteiger partial charge in [0.1, 0.15) is 12.2 Å². The molecule has 0 radical (unpaired) electrons. The Balaban J connectivity index is 1.38. The van der Waals surface area contributed by atoms with E-state index in [4.69, 9.17) is 14.2 Å². The maximum Gasteiger partial charge on any atom is 0.410 e. The first-order chi connectivity index (χ1) is 12.8. The highest BCUT2D eigenvalue weighted by atomic mass is 16.6. The second-order valence-electron chi connectivity index (χ2n) is 8.39. The molecule has 2 fully saturated rings.